The van der Waals surface area contributed by atoms with Crippen LogP contribution in [0.1, 0.15) is 36.4 Å². The Labute approximate surface area is 143 Å². The number of nitrogens with zero attached hydrogens (tertiary/aromatic N) is 2. The van der Waals surface area contributed by atoms with Crippen molar-refractivity contribution in [1.29, 1.82) is 0 Å². The number of aliphatic hydroxyl groups is 1. The van der Waals surface area contributed by atoms with Gasteiger partial charge < -0.3 is 10.0 Å². The van der Waals surface area contributed by atoms with Crippen molar-refractivity contribution < 1.29 is 9.50 Å². The molecule has 2 fully saturated rings. The molecule has 2 aliphatic rings. The number of aryl methyl sites for hydroxylation is 2. The van der Waals surface area contributed by atoms with Crippen molar-refractivity contribution in [3.63, 3.8) is 0 Å². The van der Waals surface area contributed by atoms with E-state index in [1.165, 1.54) is 0 Å². The van der Waals surface area contributed by atoms with E-state index in [9.17, 15) is 14.7 Å². The minimum atomic E-state index is -0.530. The average molecular weight is 347 g/mol. The van der Waals surface area contributed by atoms with Crippen molar-refractivity contribution in [2.45, 2.75) is 39.2 Å². The second-order valence-electron chi connectivity index (χ2n) is 7.28. The van der Waals surface area contributed by atoms with Crippen LogP contribution in [0.25, 0.3) is 10.9 Å². The number of fused-ring (bicyclic) bond motifs is 1. The molecule has 0 amide bonds. The number of benzene rings is 1. The van der Waals surface area contributed by atoms with E-state index >= 15 is 4.39 Å². The Morgan fingerprint density at radius 2 is 1.92 bits per heavy atom. The summed E-state index contributed by atoms with van der Waals surface area (Å²) in [5.74, 6) is -0.283. The molecule has 1 aliphatic heterocycles. The second-order valence-corrected chi connectivity index (χ2v) is 7.28. The summed E-state index contributed by atoms with van der Waals surface area (Å²) < 4.78 is 16.8. The highest BCUT2D eigenvalue weighted by Crippen LogP contribution is 2.40. The number of nitrogens with one attached hydrogen (secondary N) is 1. The van der Waals surface area contributed by atoms with Crippen molar-refractivity contribution in [3.8, 4) is 0 Å². The molecule has 134 valence electrons. The van der Waals surface area contributed by atoms with Crippen LogP contribution in [-0.2, 0) is 0 Å². The van der Waals surface area contributed by atoms with Gasteiger partial charge in [0.25, 0.3) is 5.56 Å². The van der Waals surface area contributed by atoms with Crippen LogP contribution in [0.15, 0.2) is 9.59 Å². The lowest BCUT2D eigenvalue weighted by Gasteiger charge is -2.25. The molecule has 1 saturated carbocycles. The second kappa shape index (κ2) is 5.69. The maximum absolute atomic E-state index is 15.2. The average Bonchev–Trinajstić information content (AvgIpc) is 3.29. The third kappa shape index (κ3) is 2.40. The van der Waals surface area contributed by atoms with E-state index in [1.807, 2.05) is 4.90 Å². The van der Waals surface area contributed by atoms with Gasteiger partial charge in [-0.05, 0) is 33.1 Å². The number of aromatic amines is 1. The molecule has 25 heavy (non-hydrogen) atoms. The van der Waals surface area contributed by atoms with Crippen LogP contribution >= 0.6 is 0 Å². The Balaban J connectivity index is 2.04. The lowest BCUT2D eigenvalue weighted by Crippen LogP contribution is -2.32. The third-order valence-corrected chi connectivity index (χ3v) is 5.54. The molecule has 1 aliphatic carbocycles. The topological polar surface area (TPSA) is 78.3 Å². The van der Waals surface area contributed by atoms with Crippen LogP contribution < -0.4 is 16.1 Å². The van der Waals surface area contributed by atoms with Gasteiger partial charge in [0.2, 0.25) is 0 Å². The molecule has 1 unspecified atom stereocenters. The first-order chi connectivity index (χ1) is 11.9. The standard InChI is InChI=1S/C18H22FN3O3/c1-9-13-15(22(12-3-4-12)18(25)20-17(13)24)10(2)16(14(9)19)21-6-5-11(7-21)8-23/h11-12,23H,3-8H2,1-2H3,(H,20,24,25). The highest BCUT2D eigenvalue weighted by molar-refractivity contribution is 5.90. The van der Waals surface area contributed by atoms with Crippen molar-refractivity contribution in [2.24, 2.45) is 5.92 Å². The predicted octanol–water partition coefficient (Wildman–Crippen LogP) is 1.60. The van der Waals surface area contributed by atoms with E-state index in [1.54, 1.807) is 18.4 Å². The summed E-state index contributed by atoms with van der Waals surface area (Å²) in [6.07, 6.45) is 2.59. The molecule has 6 nitrogen and oxygen atoms in total. The minimum Gasteiger partial charge on any atom is -0.396 e. The zero-order valence-corrected chi connectivity index (χ0v) is 14.4. The Hall–Kier alpha value is -2.15. The van der Waals surface area contributed by atoms with Crippen LogP contribution in [0.2, 0.25) is 0 Å². The van der Waals surface area contributed by atoms with Gasteiger partial charge in [0.15, 0.2) is 5.82 Å². The number of aromatic nitrogens is 2. The minimum absolute atomic E-state index is 0.0760. The van der Waals surface area contributed by atoms with Crippen LogP contribution in [0.4, 0.5) is 10.1 Å². The fourth-order valence-corrected chi connectivity index (χ4v) is 4.07. The molecule has 0 bridgehead atoms. The fourth-order valence-electron chi connectivity index (χ4n) is 4.07. The number of anilines is 1. The monoisotopic (exact) mass is 347 g/mol. The molecule has 7 heteroatoms. The highest BCUT2D eigenvalue weighted by atomic mass is 19.1. The summed E-state index contributed by atoms with van der Waals surface area (Å²) in [4.78, 5) is 29.0. The molecule has 0 spiro atoms. The molecule has 2 heterocycles. The van der Waals surface area contributed by atoms with Crippen LogP contribution in [0.5, 0.6) is 0 Å². The van der Waals surface area contributed by atoms with Crippen LogP contribution in [0, 0.1) is 25.6 Å². The number of hydrogen-bond acceptors (Lipinski definition) is 4. The van der Waals surface area contributed by atoms with Crippen LogP contribution in [0.3, 0.4) is 0 Å². The number of rotatable bonds is 3. The zero-order chi connectivity index (χ0) is 17.9. The molecular formula is C18H22FN3O3. The molecule has 2 aromatic rings. The quantitative estimate of drug-likeness (QED) is 0.884. The summed E-state index contributed by atoms with van der Waals surface area (Å²) in [5, 5.41) is 9.65. The lowest BCUT2D eigenvalue weighted by atomic mass is 10.0. The SMILES string of the molecule is Cc1c(F)c(N2CCC(CO)C2)c(C)c2c1c(=O)[nH]c(=O)n2C1CC1. The van der Waals surface area contributed by atoms with Gasteiger partial charge in [0.1, 0.15) is 0 Å². The molecular weight excluding hydrogens is 325 g/mol. The zero-order valence-electron chi connectivity index (χ0n) is 14.4. The van der Waals surface area contributed by atoms with E-state index in [0.717, 1.165) is 19.3 Å². The van der Waals surface area contributed by atoms with Gasteiger partial charge in [0.05, 0.1) is 16.6 Å². The smallest absolute Gasteiger partial charge is 0.329 e. The Morgan fingerprint density at radius 1 is 1.20 bits per heavy atom. The molecule has 4 rings (SSSR count). The van der Waals surface area contributed by atoms with Crippen LogP contribution in [-0.4, -0.2) is 34.4 Å². The van der Waals surface area contributed by atoms with Crippen molar-refractivity contribution in [3.05, 3.63) is 37.8 Å². The Morgan fingerprint density at radius 3 is 2.52 bits per heavy atom. The summed E-state index contributed by atoms with van der Waals surface area (Å²) in [5.41, 5.74) is 0.968. The van der Waals surface area contributed by atoms with Gasteiger partial charge in [0, 0.05) is 42.8 Å². The molecule has 1 saturated heterocycles. The van der Waals surface area contributed by atoms with Gasteiger partial charge >= 0.3 is 5.69 Å². The van der Waals surface area contributed by atoms with Gasteiger partial charge in [-0.25, -0.2) is 9.18 Å². The van der Waals surface area contributed by atoms with E-state index in [4.69, 9.17) is 0 Å². The summed E-state index contributed by atoms with van der Waals surface area (Å²) >= 11 is 0. The number of halogens is 1. The van der Waals surface area contributed by atoms with Crippen molar-refractivity contribution >= 4 is 16.6 Å². The molecule has 1 aromatic carbocycles. The summed E-state index contributed by atoms with van der Waals surface area (Å²) in [6.45, 7) is 4.69. The van der Waals surface area contributed by atoms with Gasteiger partial charge in [-0.2, -0.15) is 0 Å². The largest absolute Gasteiger partial charge is 0.396 e. The predicted molar refractivity (Wildman–Crippen MR) is 93.9 cm³/mol. The summed E-state index contributed by atoms with van der Waals surface area (Å²) in [6, 6.07) is 0.0760. The first kappa shape index (κ1) is 16.3. The Kier molecular flexibility index (Phi) is 3.72. The van der Waals surface area contributed by atoms with Gasteiger partial charge in [-0.1, -0.05) is 0 Å². The van der Waals surface area contributed by atoms with Gasteiger partial charge in [-0.15, -0.1) is 0 Å². The maximum Gasteiger partial charge on any atom is 0.329 e. The van der Waals surface area contributed by atoms with E-state index in [-0.39, 0.29) is 29.5 Å². The lowest BCUT2D eigenvalue weighted by molar-refractivity contribution is 0.238. The summed E-state index contributed by atoms with van der Waals surface area (Å²) in [7, 11) is 0. The first-order valence-electron chi connectivity index (χ1n) is 8.77. The normalized spacial score (nSPS) is 20.6. The number of hydrogen-bond donors (Lipinski definition) is 2. The first-order valence-corrected chi connectivity index (χ1v) is 8.77. The third-order valence-electron chi connectivity index (χ3n) is 5.54. The van der Waals surface area contributed by atoms with Crippen molar-refractivity contribution in [1.82, 2.24) is 9.55 Å². The maximum atomic E-state index is 15.2. The van der Waals surface area contributed by atoms with E-state index in [2.05, 4.69) is 4.98 Å². The van der Waals surface area contributed by atoms with Gasteiger partial charge in [-0.3, -0.25) is 14.3 Å². The fraction of sp³-hybridized carbons (Fsp3) is 0.556. The molecule has 1 aromatic heterocycles. The number of H-pyrrole nitrogens is 1. The molecule has 0 radical (unpaired) electrons. The highest BCUT2D eigenvalue weighted by Gasteiger charge is 2.32. The van der Waals surface area contributed by atoms with E-state index < -0.39 is 17.1 Å². The molecule has 2 N–H and O–H groups in total. The van der Waals surface area contributed by atoms with Crippen molar-refractivity contribution in [2.75, 3.05) is 24.6 Å². The molecule has 1 atom stereocenters. The van der Waals surface area contributed by atoms with E-state index in [0.29, 0.717) is 29.9 Å². The Bertz CT molecular complexity index is 974. The number of aliphatic hydroxyl groups excluding tert-OH is 1.